The molecule has 0 radical (unpaired) electrons. The molecule has 0 aromatic carbocycles. The highest BCUT2D eigenvalue weighted by Crippen LogP contribution is 2.28. The van der Waals surface area contributed by atoms with Crippen molar-refractivity contribution in [2.45, 2.75) is 40.0 Å². The van der Waals surface area contributed by atoms with E-state index in [1.165, 1.54) is 19.3 Å². The largest absolute Gasteiger partial charge is 0.356 e. The summed E-state index contributed by atoms with van der Waals surface area (Å²) in [7, 11) is 0. The summed E-state index contributed by atoms with van der Waals surface area (Å²) in [5, 5.41) is 0.589. The minimum atomic E-state index is 0.589. The molecule has 1 aromatic heterocycles. The summed E-state index contributed by atoms with van der Waals surface area (Å²) < 4.78 is 0. The molecule has 17 heavy (non-hydrogen) atoms. The second kappa shape index (κ2) is 5.21. The number of aromatic nitrogens is 2. The third kappa shape index (κ3) is 2.71. The number of aryl methyl sites for hydroxylation is 1. The Bertz CT molecular complexity index is 406. The minimum absolute atomic E-state index is 0.589. The zero-order valence-corrected chi connectivity index (χ0v) is 11.6. The molecule has 1 aliphatic heterocycles. The van der Waals surface area contributed by atoms with Gasteiger partial charge in [-0.3, -0.25) is 0 Å². The second-order valence-electron chi connectivity index (χ2n) is 4.87. The SMILES string of the molecule is CCC1CCCN(c2nc(C)nc(Cl)c2C)C1. The van der Waals surface area contributed by atoms with E-state index in [4.69, 9.17) is 11.6 Å². The van der Waals surface area contributed by atoms with Crippen LogP contribution in [0.5, 0.6) is 0 Å². The molecule has 1 aliphatic rings. The van der Waals surface area contributed by atoms with Crippen LogP contribution < -0.4 is 4.90 Å². The molecule has 1 unspecified atom stereocenters. The molecule has 0 bridgehead atoms. The minimum Gasteiger partial charge on any atom is -0.356 e. The van der Waals surface area contributed by atoms with E-state index < -0.39 is 0 Å². The average Bonchev–Trinajstić information content (AvgIpc) is 2.34. The summed E-state index contributed by atoms with van der Waals surface area (Å²) in [6.45, 7) is 8.36. The van der Waals surface area contributed by atoms with Crippen molar-refractivity contribution in [1.29, 1.82) is 0 Å². The number of rotatable bonds is 2. The van der Waals surface area contributed by atoms with E-state index >= 15 is 0 Å². The van der Waals surface area contributed by atoms with Crippen LogP contribution >= 0.6 is 11.6 Å². The number of hydrogen-bond acceptors (Lipinski definition) is 3. The first-order chi connectivity index (χ1) is 8.11. The molecule has 94 valence electrons. The van der Waals surface area contributed by atoms with E-state index in [2.05, 4.69) is 21.8 Å². The standard InChI is InChI=1S/C13H20ClN3/c1-4-11-6-5-7-17(8-11)13-9(2)12(14)15-10(3)16-13/h11H,4-8H2,1-3H3. The van der Waals surface area contributed by atoms with E-state index in [9.17, 15) is 0 Å². The molecule has 3 nitrogen and oxygen atoms in total. The van der Waals surface area contributed by atoms with Crippen molar-refractivity contribution in [3.8, 4) is 0 Å². The lowest BCUT2D eigenvalue weighted by molar-refractivity contribution is 0.402. The predicted octanol–water partition coefficient (Wildman–Crippen LogP) is 3.37. The Morgan fingerprint density at radius 2 is 2.12 bits per heavy atom. The van der Waals surface area contributed by atoms with Gasteiger partial charge in [-0.2, -0.15) is 0 Å². The molecule has 4 heteroatoms. The van der Waals surface area contributed by atoms with Gasteiger partial charge in [0.15, 0.2) is 0 Å². The molecule has 2 heterocycles. The Morgan fingerprint density at radius 3 is 2.82 bits per heavy atom. The molecule has 0 spiro atoms. The topological polar surface area (TPSA) is 29.0 Å². The quantitative estimate of drug-likeness (QED) is 0.757. The maximum atomic E-state index is 6.13. The van der Waals surface area contributed by atoms with E-state index in [1.54, 1.807) is 0 Å². The Labute approximate surface area is 108 Å². The van der Waals surface area contributed by atoms with Crippen LogP contribution in [0.3, 0.4) is 0 Å². The first-order valence-corrected chi connectivity index (χ1v) is 6.75. The van der Waals surface area contributed by atoms with Crippen LogP contribution in [0.25, 0.3) is 0 Å². The molecule has 0 N–H and O–H groups in total. The maximum absolute atomic E-state index is 6.13. The average molecular weight is 254 g/mol. The van der Waals surface area contributed by atoms with Gasteiger partial charge in [0.25, 0.3) is 0 Å². The lowest BCUT2D eigenvalue weighted by Crippen LogP contribution is -2.36. The Hall–Kier alpha value is -0.830. The lowest BCUT2D eigenvalue weighted by Gasteiger charge is -2.34. The van der Waals surface area contributed by atoms with Gasteiger partial charge in [0.1, 0.15) is 16.8 Å². The summed E-state index contributed by atoms with van der Waals surface area (Å²) >= 11 is 6.13. The van der Waals surface area contributed by atoms with Crippen molar-refractivity contribution in [2.24, 2.45) is 5.92 Å². The Balaban J connectivity index is 2.27. The number of hydrogen-bond donors (Lipinski definition) is 0. The fourth-order valence-corrected chi connectivity index (χ4v) is 2.69. The molecule has 1 saturated heterocycles. The van der Waals surface area contributed by atoms with Crippen molar-refractivity contribution in [3.05, 3.63) is 16.5 Å². The highest BCUT2D eigenvalue weighted by atomic mass is 35.5. The van der Waals surface area contributed by atoms with Crippen LogP contribution in [0.15, 0.2) is 0 Å². The third-order valence-corrected chi connectivity index (χ3v) is 3.94. The predicted molar refractivity (Wildman–Crippen MR) is 71.7 cm³/mol. The van der Waals surface area contributed by atoms with Gasteiger partial charge in [-0.1, -0.05) is 24.9 Å². The van der Waals surface area contributed by atoms with Gasteiger partial charge in [0, 0.05) is 18.7 Å². The monoisotopic (exact) mass is 253 g/mol. The first kappa shape index (κ1) is 12.6. The van der Waals surface area contributed by atoms with Gasteiger partial charge in [-0.15, -0.1) is 0 Å². The van der Waals surface area contributed by atoms with Crippen LogP contribution in [0.1, 0.15) is 37.6 Å². The van der Waals surface area contributed by atoms with Crippen molar-refractivity contribution >= 4 is 17.4 Å². The maximum Gasteiger partial charge on any atom is 0.137 e. The second-order valence-corrected chi connectivity index (χ2v) is 5.23. The zero-order valence-electron chi connectivity index (χ0n) is 10.8. The smallest absolute Gasteiger partial charge is 0.137 e. The molecule has 1 aromatic rings. The van der Waals surface area contributed by atoms with Gasteiger partial charge >= 0.3 is 0 Å². The van der Waals surface area contributed by atoms with Crippen molar-refractivity contribution in [1.82, 2.24) is 9.97 Å². The van der Waals surface area contributed by atoms with Crippen LogP contribution in [0, 0.1) is 19.8 Å². The van der Waals surface area contributed by atoms with Gasteiger partial charge in [0.05, 0.1) is 0 Å². The number of anilines is 1. The van der Waals surface area contributed by atoms with Crippen LogP contribution in [0.2, 0.25) is 5.15 Å². The van der Waals surface area contributed by atoms with E-state index in [0.717, 1.165) is 36.2 Å². The zero-order chi connectivity index (χ0) is 12.4. The number of piperidine rings is 1. The highest BCUT2D eigenvalue weighted by molar-refractivity contribution is 6.30. The van der Waals surface area contributed by atoms with E-state index in [-0.39, 0.29) is 0 Å². The van der Waals surface area contributed by atoms with E-state index in [0.29, 0.717) is 5.15 Å². The fraction of sp³-hybridized carbons (Fsp3) is 0.692. The Morgan fingerprint density at radius 1 is 1.35 bits per heavy atom. The molecule has 1 atom stereocenters. The van der Waals surface area contributed by atoms with Crippen LogP contribution in [-0.4, -0.2) is 23.1 Å². The molecule has 0 amide bonds. The van der Waals surface area contributed by atoms with E-state index in [1.807, 2.05) is 13.8 Å². The molecule has 0 saturated carbocycles. The summed E-state index contributed by atoms with van der Waals surface area (Å²) in [6.07, 6.45) is 3.83. The molecule has 1 fully saturated rings. The number of halogens is 1. The number of nitrogens with zero attached hydrogens (tertiary/aromatic N) is 3. The van der Waals surface area contributed by atoms with Gasteiger partial charge in [0.2, 0.25) is 0 Å². The summed E-state index contributed by atoms with van der Waals surface area (Å²) in [6, 6.07) is 0. The van der Waals surface area contributed by atoms with Crippen molar-refractivity contribution in [3.63, 3.8) is 0 Å². The Kier molecular flexibility index (Phi) is 3.87. The fourth-order valence-electron chi connectivity index (χ4n) is 2.48. The van der Waals surface area contributed by atoms with Gasteiger partial charge in [-0.25, -0.2) is 9.97 Å². The molecule has 0 aliphatic carbocycles. The van der Waals surface area contributed by atoms with Crippen LogP contribution in [-0.2, 0) is 0 Å². The first-order valence-electron chi connectivity index (χ1n) is 6.37. The van der Waals surface area contributed by atoms with Crippen molar-refractivity contribution < 1.29 is 0 Å². The third-order valence-electron chi connectivity index (χ3n) is 3.57. The van der Waals surface area contributed by atoms with Crippen LogP contribution in [0.4, 0.5) is 5.82 Å². The van der Waals surface area contributed by atoms with Gasteiger partial charge in [-0.05, 0) is 32.6 Å². The summed E-state index contributed by atoms with van der Waals surface area (Å²) in [4.78, 5) is 11.1. The summed E-state index contributed by atoms with van der Waals surface area (Å²) in [5.74, 6) is 2.58. The molecular weight excluding hydrogens is 234 g/mol. The molecular formula is C13H20ClN3. The van der Waals surface area contributed by atoms with Gasteiger partial charge < -0.3 is 4.90 Å². The lowest BCUT2D eigenvalue weighted by atomic mass is 9.95. The normalized spacial score (nSPS) is 20.7. The molecule has 2 rings (SSSR count). The highest BCUT2D eigenvalue weighted by Gasteiger charge is 2.22. The summed E-state index contributed by atoms with van der Waals surface area (Å²) in [5.41, 5.74) is 1.01. The van der Waals surface area contributed by atoms with Crippen molar-refractivity contribution in [2.75, 3.05) is 18.0 Å².